The number of fused-ring (bicyclic) bond motifs is 1. The molecule has 1 aromatic rings. The van der Waals surface area contributed by atoms with Crippen LogP contribution < -0.4 is 15.4 Å². The van der Waals surface area contributed by atoms with Crippen LogP contribution in [-0.2, 0) is 0 Å². The van der Waals surface area contributed by atoms with Gasteiger partial charge in [-0.1, -0.05) is 24.4 Å². The Labute approximate surface area is 101 Å². The van der Waals surface area contributed by atoms with Crippen molar-refractivity contribution in [3.8, 4) is 5.75 Å². The minimum absolute atomic E-state index is 0.209. The Balaban J connectivity index is 2.35. The van der Waals surface area contributed by atoms with Gasteiger partial charge in [-0.2, -0.15) is 0 Å². The summed E-state index contributed by atoms with van der Waals surface area (Å²) in [6.07, 6.45) is 0. The molecule has 2 N–H and O–H groups in total. The van der Waals surface area contributed by atoms with Crippen LogP contribution in [0.1, 0.15) is 13.8 Å². The lowest BCUT2D eigenvalue weighted by atomic mass is 10.1. The Morgan fingerprint density at radius 2 is 2.19 bits per heavy atom. The van der Waals surface area contributed by atoms with E-state index in [9.17, 15) is 0 Å². The maximum Gasteiger partial charge on any atom is 0.143 e. The van der Waals surface area contributed by atoms with Crippen molar-refractivity contribution in [2.45, 2.75) is 19.4 Å². The summed E-state index contributed by atoms with van der Waals surface area (Å²) in [5, 5.41) is 0. The van der Waals surface area contributed by atoms with E-state index in [1.165, 1.54) is 0 Å². The molecule has 1 aliphatic heterocycles. The summed E-state index contributed by atoms with van der Waals surface area (Å²) in [6, 6.07) is 7.97. The third-order valence-electron chi connectivity index (χ3n) is 2.51. The summed E-state index contributed by atoms with van der Waals surface area (Å²) in [7, 11) is 0. The molecule has 0 unspecified atom stereocenters. The highest BCUT2D eigenvalue weighted by molar-refractivity contribution is 7.80. The number of ether oxygens (including phenoxy) is 1. The minimum atomic E-state index is -0.209. The van der Waals surface area contributed by atoms with E-state index in [4.69, 9.17) is 22.7 Å². The number of para-hydroxylation sites is 2. The van der Waals surface area contributed by atoms with Crippen molar-refractivity contribution >= 4 is 22.9 Å². The number of hydrogen-bond acceptors (Lipinski definition) is 3. The first kappa shape index (κ1) is 11.2. The lowest BCUT2D eigenvalue weighted by Crippen LogP contribution is -2.49. The zero-order valence-electron chi connectivity index (χ0n) is 9.56. The second-order valence-electron chi connectivity index (χ2n) is 4.65. The van der Waals surface area contributed by atoms with E-state index in [-0.39, 0.29) is 5.60 Å². The van der Waals surface area contributed by atoms with Gasteiger partial charge in [0.1, 0.15) is 11.4 Å². The molecule has 0 radical (unpaired) electrons. The zero-order valence-corrected chi connectivity index (χ0v) is 10.4. The zero-order chi connectivity index (χ0) is 11.8. The summed E-state index contributed by atoms with van der Waals surface area (Å²) in [4.78, 5) is 2.67. The van der Waals surface area contributed by atoms with E-state index < -0.39 is 0 Å². The van der Waals surface area contributed by atoms with Gasteiger partial charge in [0.2, 0.25) is 0 Å². The van der Waals surface area contributed by atoms with Gasteiger partial charge in [0.15, 0.2) is 0 Å². The first-order chi connectivity index (χ1) is 7.48. The molecule has 1 heterocycles. The van der Waals surface area contributed by atoms with E-state index in [2.05, 4.69) is 18.7 Å². The fraction of sp³-hybridized carbons (Fsp3) is 0.417. The second kappa shape index (κ2) is 3.94. The van der Waals surface area contributed by atoms with Gasteiger partial charge in [-0.05, 0) is 26.0 Å². The monoisotopic (exact) mass is 236 g/mol. The molecule has 0 saturated carbocycles. The number of nitrogens with two attached hydrogens (primary N) is 1. The van der Waals surface area contributed by atoms with E-state index in [0.717, 1.165) is 18.0 Å². The van der Waals surface area contributed by atoms with Gasteiger partial charge in [-0.15, -0.1) is 0 Å². The average Bonchev–Trinajstić information content (AvgIpc) is 2.14. The first-order valence-corrected chi connectivity index (χ1v) is 5.70. The SMILES string of the molecule is CC1(C)CN(CC(N)=S)c2ccccc2O1. The number of benzene rings is 1. The number of anilines is 1. The summed E-state index contributed by atoms with van der Waals surface area (Å²) >= 11 is 4.98. The summed E-state index contributed by atoms with van der Waals surface area (Å²) < 4.78 is 5.91. The Morgan fingerprint density at radius 1 is 1.50 bits per heavy atom. The number of rotatable bonds is 2. The van der Waals surface area contributed by atoms with Crippen LogP contribution in [0.15, 0.2) is 24.3 Å². The Hall–Kier alpha value is -1.29. The summed E-state index contributed by atoms with van der Waals surface area (Å²) in [6.45, 7) is 5.52. The van der Waals surface area contributed by atoms with Gasteiger partial charge in [0.05, 0.1) is 23.8 Å². The highest BCUT2D eigenvalue weighted by Crippen LogP contribution is 2.36. The molecule has 3 nitrogen and oxygen atoms in total. The smallest absolute Gasteiger partial charge is 0.143 e. The second-order valence-corrected chi connectivity index (χ2v) is 5.18. The van der Waals surface area contributed by atoms with Gasteiger partial charge in [0.25, 0.3) is 0 Å². The largest absolute Gasteiger partial charge is 0.484 e. The molecule has 16 heavy (non-hydrogen) atoms. The number of thiocarbonyl (C=S) groups is 1. The molecule has 1 aliphatic rings. The van der Waals surface area contributed by atoms with E-state index in [1.54, 1.807) is 0 Å². The van der Waals surface area contributed by atoms with Crippen molar-refractivity contribution in [1.29, 1.82) is 0 Å². The summed E-state index contributed by atoms with van der Waals surface area (Å²) in [5.74, 6) is 0.898. The first-order valence-electron chi connectivity index (χ1n) is 5.29. The van der Waals surface area contributed by atoms with E-state index in [0.29, 0.717) is 11.5 Å². The fourth-order valence-corrected chi connectivity index (χ4v) is 2.16. The molecule has 86 valence electrons. The standard InChI is InChI=1S/C12H16N2OS/c1-12(2)8-14(7-11(13)16)9-5-3-4-6-10(9)15-12/h3-6H,7-8H2,1-2H3,(H2,13,16). The lowest BCUT2D eigenvalue weighted by molar-refractivity contribution is 0.106. The van der Waals surface area contributed by atoms with Crippen LogP contribution in [0.2, 0.25) is 0 Å². The topological polar surface area (TPSA) is 38.5 Å². The molecular formula is C12H16N2OS. The molecule has 2 rings (SSSR count). The van der Waals surface area contributed by atoms with Crippen molar-refractivity contribution in [2.75, 3.05) is 18.0 Å². The van der Waals surface area contributed by atoms with Crippen LogP contribution in [-0.4, -0.2) is 23.7 Å². The van der Waals surface area contributed by atoms with Crippen LogP contribution in [0.3, 0.4) is 0 Å². The molecular weight excluding hydrogens is 220 g/mol. The molecule has 0 spiro atoms. The molecule has 0 saturated heterocycles. The van der Waals surface area contributed by atoms with Gasteiger partial charge < -0.3 is 15.4 Å². The average molecular weight is 236 g/mol. The molecule has 0 atom stereocenters. The van der Waals surface area contributed by atoms with Crippen molar-refractivity contribution in [3.05, 3.63) is 24.3 Å². The Morgan fingerprint density at radius 3 is 2.88 bits per heavy atom. The van der Waals surface area contributed by atoms with Gasteiger partial charge in [0, 0.05) is 0 Å². The van der Waals surface area contributed by atoms with Gasteiger partial charge >= 0.3 is 0 Å². The maximum absolute atomic E-state index is 5.91. The number of hydrogen-bond donors (Lipinski definition) is 1. The van der Waals surface area contributed by atoms with Crippen molar-refractivity contribution in [3.63, 3.8) is 0 Å². The van der Waals surface area contributed by atoms with Crippen LogP contribution in [0.5, 0.6) is 5.75 Å². The van der Waals surface area contributed by atoms with Crippen LogP contribution in [0.4, 0.5) is 5.69 Å². The molecule has 0 bridgehead atoms. The van der Waals surface area contributed by atoms with E-state index >= 15 is 0 Å². The van der Waals surface area contributed by atoms with Crippen molar-refractivity contribution < 1.29 is 4.74 Å². The summed E-state index contributed by atoms with van der Waals surface area (Å²) in [5.41, 5.74) is 6.47. The van der Waals surface area contributed by atoms with Crippen molar-refractivity contribution in [1.82, 2.24) is 0 Å². The highest BCUT2D eigenvalue weighted by Gasteiger charge is 2.31. The molecule has 0 aliphatic carbocycles. The maximum atomic E-state index is 5.91. The molecule has 4 heteroatoms. The third kappa shape index (κ3) is 2.27. The Kier molecular flexibility index (Phi) is 2.76. The van der Waals surface area contributed by atoms with Gasteiger partial charge in [-0.3, -0.25) is 0 Å². The van der Waals surface area contributed by atoms with Crippen molar-refractivity contribution in [2.24, 2.45) is 5.73 Å². The van der Waals surface area contributed by atoms with Crippen LogP contribution in [0.25, 0.3) is 0 Å². The fourth-order valence-electron chi connectivity index (χ4n) is 2.01. The third-order valence-corrected chi connectivity index (χ3v) is 2.64. The Bertz CT molecular complexity index is 417. The van der Waals surface area contributed by atoms with Crippen LogP contribution >= 0.6 is 12.2 Å². The normalized spacial score (nSPS) is 17.5. The van der Waals surface area contributed by atoms with Gasteiger partial charge in [-0.25, -0.2) is 0 Å². The quantitative estimate of drug-likeness (QED) is 0.797. The van der Waals surface area contributed by atoms with Crippen LogP contribution in [0, 0.1) is 0 Å². The highest BCUT2D eigenvalue weighted by atomic mass is 32.1. The molecule has 0 fully saturated rings. The number of nitrogens with zero attached hydrogens (tertiary/aromatic N) is 1. The predicted molar refractivity (Wildman–Crippen MR) is 70.1 cm³/mol. The minimum Gasteiger partial charge on any atom is -0.484 e. The lowest BCUT2D eigenvalue weighted by Gasteiger charge is -2.40. The predicted octanol–water partition coefficient (Wildman–Crippen LogP) is 1.95. The molecule has 0 aromatic heterocycles. The molecule has 1 aromatic carbocycles. The van der Waals surface area contributed by atoms with E-state index in [1.807, 2.05) is 24.3 Å². The molecule has 0 amide bonds.